The van der Waals surface area contributed by atoms with Gasteiger partial charge in [-0.3, -0.25) is 10.1 Å². The molecule has 2 aromatic rings. The second kappa shape index (κ2) is 4.75. The van der Waals surface area contributed by atoms with Crippen LogP contribution >= 0.6 is 0 Å². The average Bonchev–Trinajstić information content (AvgIpc) is 2.38. The molecule has 0 aliphatic carbocycles. The van der Waals surface area contributed by atoms with Crippen LogP contribution in [0.2, 0.25) is 0 Å². The van der Waals surface area contributed by atoms with Crippen molar-refractivity contribution in [3.8, 4) is 16.9 Å². The average molecular weight is 244 g/mol. The molecule has 0 atom stereocenters. The first-order chi connectivity index (χ1) is 8.63. The lowest BCUT2D eigenvalue weighted by atomic mass is 10.0. The van der Waals surface area contributed by atoms with Gasteiger partial charge in [-0.05, 0) is 24.3 Å². The van der Waals surface area contributed by atoms with Crippen molar-refractivity contribution in [2.24, 2.45) is 0 Å². The van der Waals surface area contributed by atoms with Crippen molar-refractivity contribution in [2.45, 2.75) is 0 Å². The lowest BCUT2D eigenvalue weighted by Gasteiger charge is -2.09. The normalized spacial score (nSPS) is 10.1. The van der Waals surface area contributed by atoms with Crippen LogP contribution in [0.15, 0.2) is 42.5 Å². The highest BCUT2D eigenvalue weighted by atomic mass is 16.6. The molecular weight excluding hydrogens is 232 g/mol. The Morgan fingerprint density at radius 1 is 1.17 bits per heavy atom. The minimum absolute atomic E-state index is 0.0291. The maximum Gasteiger partial charge on any atom is 0.277 e. The molecule has 0 radical (unpaired) electrons. The summed E-state index contributed by atoms with van der Waals surface area (Å²) in [6.07, 6.45) is 0. The third-order valence-electron chi connectivity index (χ3n) is 2.61. The van der Waals surface area contributed by atoms with Crippen LogP contribution in [0.25, 0.3) is 11.1 Å². The first kappa shape index (κ1) is 11.9. The van der Waals surface area contributed by atoms with E-state index >= 15 is 0 Å². The van der Waals surface area contributed by atoms with Gasteiger partial charge >= 0.3 is 0 Å². The van der Waals surface area contributed by atoms with Crippen LogP contribution in [-0.2, 0) is 0 Å². The summed E-state index contributed by atoms with van der Waals surface area (Å²) in [7, 11) is 1.52. The van der Waals surface area contributed by atoms with Crippen molar-refractivity contribution in [3.05, 3.63) is 52.6 Å². The van der Waals surface area contributed by atoms with E-state index in [1.54, 1.807) is 36.4 Å². The summed E-state index contributed by atoms with van der Waals surface area (Å²) >= 11 is 0. The number of nitro groups is 1. The first-order valence-electron chi connectivity index (χ1n) is 5.31. The van der Waals surface area contributed by atoms with Gasteiger partial charge in [-0.25, -0.2) is 0 Å². The van der Waals surface area contributed by atoms with Gasteiger partial charge in [0.2, 0.25) is 0 Å². The highest BCUT2D eigenvalue weighted by molar-refractivity contribution is 5.80. The third-order valence-corrected chi connectivity index (χ3v) is 2.61. The summed E-state index contributed by atoms with van der Waals surface area (Å²) in [5, 5.41) is 11.0. The standard InChI is InChI=1S/C13H12N2O3/c1-18-13-7-6-9(14)8-11(13)10-4-2-3-5-12(10)15(16)17/h2-8H,14H2,1H3. The van der Waals surface area contributed by atoms with Crippen molar-refractivity contribution in [1.82, 2.24) is 0 Å². The lowest BCUT2D eigenvalue weighted by molar-refractivity contribution is -0.384. The SMILES string of the molecule is COc1ccc(N)cc1-c1ccccc1[N+](=O)[O-]. The molecule has 0 aromatic heterocycles. The number of benzene rings is 2. The summed E-state index contributed by atoms with van der Waals surface area (Å²) in [5.74, 6) is 0.554. The van der Waals surface area contributed by atoms with Gasteiger partial charge in [0.1, 0.15) is 5.75 Å². The molecule has 0 saturated heterocycles. The van der Waals surface area contributed by atoms with Gasteiger partial charge in [-0.1, -0.05) is 12.1 Å². The molecule has 0 fully saturated rings. The summed E-state index contributed by atoms with van der Waals surface area (Å²) < 4.78 is 5.21. The molecule has 92 valence electrons. The van der Waals surface area contributed by atoms with Crippen LogP contribution < -0.4 is 10.5 Å². The van der Waals surface area contributed by atoms with Gasteiger partial charge in [0.05, 0.1) is 17.6 Å². The molecule has 0 heterocycles. The Morgan fingerprint density at radius 3 is 2.56 bits per heavy atom. The van der Waals surface area contributed by atoms with E-state index in [2.05, 4.69) is 0 Å². The molecule has 0 saturated carbocycles. The largest absolute Gasteiger partial charge is 0.496 e. The number of para-hydroxylation sites is 1. The molecule has 5 heteroatoms. The van der Waals surface area contributed by atoms with E-state index in [4.69, 9.17) is 10.5 Å². The van der Waals surface area contributed by atoms with Gasteiger partial charge in [0, 0.05) is 17.3 Å². The summed E-state index contributed by atoms with van der Waals surface area (Å²) in [6.45, 7) is 0. The zero-order valence-corrected chi connectivity index (χ0v) is 9.79. The van der Waals surface area contributed by atoms with E-state index in [9.17, 15) is 10.1 Å². The molecule has 0 aliphatic rings. The molecule has 0 bridgehead atoms. The van der Waals surface area contributed by atoms with Crippen molar-refractivity contribution in [2.75, 3.05) is 12.8 Å². The summed E-state index contributed by atoms with van der Waals surface area (Å²) in [6, 6.07) is 11.6. The molecule has 0 aliphatic heterocycles. The quantitative estimate of drug-likeness (QED) is 0.511. The summed E-state index contributed by atoms with van der Waals surface area (Å²) in [4.78, 5) is 10.6. The number of rotatable bonds is 3. The van der Waals surface area contributed by atoms with Crippen LogP contribution in [0.3, 0.4) is 0 Å². The van der Waals surface area contributed by atoms with Crippen molar-refractivity contribution >= 4 is 11.4 Å². The maximum atomic E-state index is 11.0. The third kappa shape index (κ3) is 2.10. The highest BCUT2D eigenvalue weighted by Crippen LogP contribution is 2.36. The van der Waals surface area contributed by atoms with Crippen molar-refractivity contribution in [1.29, 1.82) is 0 Å². The number of nitro benzene ring substituents is 1. The molecule has 18 heavy (non-hydrogen) atoms. The monoisotopic (exact) mass is 244 g/mol. The Morgan fingerprint density at radius 2 is 1.89 bits per heavy atom. The molecule has 0 unspecified atom stereocenters. The fourth-order valence-corrected chi connectivity index (χ4v) is 1.80. The Kier molecular flexibility index (Phi) is 3.14. The number of nitrogens with zero attached hydrogens (tertiary/aromatic N) is 1. The second-order valence-corrected chi connectivity index (χ2v) is 3.73. The number of hydrogen-bond donors (Lipinski definition) is 1. The fourth-order valence-electron chi connectivity index (χ4n) is 1.80. The number of nitrogens with two attached hydrogens (primary N) is 1. The van der Waals surface area contributed by atoms with E-state index in [1.165, 1.54) is 13.2 Å². The molecule has 0 spiro atoms. The molecule has 0 amide bonds. The van der Waals surface area contributed by atoms with Gasteiger partial charge < -0.3 is 10.5 Å². The molecule has 5 nitrogen and oxygen atoms in total. The second-order valence-electron chi connectivity index (χ2n) is 3.73. The number of nitrogen functional groups attached to an aromatic ring is 1. The van der Waals surface area contributed by atoms with Gasteiger partial charge in [-0.15, -0.1) is 0 Å². The van der Waals surface area contributed by atoms with Crippen LogP contribution in [-0.4, -0.2) is 12.0 Å². The van der Waals surface area contributed by atoms with Crippen molar-refractivity contribution in [3.63, 3.8) is 0 Å². The Bertz CT molecular complexity index is 597. The highest BCUT2D eigenvalue weighted by Gasteiger charge is 2.17. The number of ether oxygens (including phenoxy) is 1. The molecule has 2 aromatic carbocycles. The zero-order valence-electron chi connectivity index (χ0n) is 9.79. The maximum absolute atomic E-state index is 11.0. The number of methoxy groups -OCH3 is 1. The van der Waals surface area contributed by atoms with E-state index in [0.29, 0.717) is 22.6 Å². The van der Waals surface area contributed by atoms with Crippen LogP contribution in [0, 0.1) is 10.1 Å². The molecule has 2 N–H and O–H groups in total. The van der Waals surface area contributed by atoms with E-state index in [-0.39, 0.29) is 5.69 Å². The molecular formula is C13H12N2O3. The smallest absolute Gasteiger partial charge is 0.277 e. The van der Waals surface area contributed by atoms with Crippen molar-refractivity contribution < 1.29 is 9.66 Å². The minimum Gasteiger partial charge on any atom is -0.496 e. The fraction of sp³-hybridized carbons (Fsp3) is 0.0769. The van der Waals surface area contributed by atoms with Gasteiger partial charge in [0.25, 0.3) is 5.69 Å². The van der Waals surface area contributed by atoms with Gasteiger partial charge in [-0.2, -0.15) is 0 Å². The Hall–Kier alpha value is -2.56. The lowest BCUT2D eigenvalue weighted by Crippen LogP contribution is -1.95. The minimum atomic E-state index is -0.419. The Labute approximate surface area is 104 Å². The van der Waals surface area contributed by atoms with E-state index in [1.807, 2.05) is 0 Å². The topological polar surface area (TPSA) is 78.4 Å². The predicted octanol–water partition coefficient (Wildman–Crippen LogP) is 2.85. The predicted molar refractivity (Wildman–Crippen MR) is 69.5 cm³/mol. The number of anilines is 1. The summed E-state index contributed by atoms with van der Waals surface area (Å²) in [5.41, 5.74) is 7.39. The molecule has 2 rings (SSSR count). The van der Waals surface area contributed by atoms with Gasteiger partial charge in [0.15, 0.2) is 0 Å². The Balaban J connectivity index is 2.68. The van der Waals surface area contributed by atoms with Crippen LogP contribution in [0.5, 0.6) is 5.75 Å². The van der Waals surface area contributed by atoms with E-state index in [0.717, 1.165) is 0 Å². The van der Waals surface area contributed by atoms with E-state index < -0.39 is 4.92 Å². The first-order valence-corrected chi connectivity index (χ1v) is 5.31. The zero-order chi connectivity index (χ0) is 13.1. The number of hydrogen-bond acceptors (Lipinski definition) is 4. The van der Waals surface area contributed by atoms with Crippen LogP contribution in [0.1, 0.15) is 0 Å². The van der Waals surface area contributed by atoms with Crippen LogP contribution in [0.4, 0.5) is 11.4 Å².